The van der Waals surface area contributed by atoms with E-state index >= 15 is 0 Å². The van der Waals surface area contributed by atoms with E-state index in [-0.39, 0.29) is 6.61 Å². The summed E-state index contributed by atoms with van der Waals surface area (Å²) in [6.07, 6.45) is 5.29. The Bertz CT molecular complexity index is 316. The van der Waals surface area contributed by atoms with Crippen LogP contribution in [0.3, 0.4) is 0 Å². The maximum Gasteiger partial charge on any atom is 0.222 e. The first-order chi connectivity index (χ1) is 9.60. The van der Waals surface area contributed by atoms with Crippen molar-refractivity contribution in [3.63, 3.8) is 0 Å². The van der Waals surface area contributed by atoms with Crippen molar-refractivity contribution in [2.45, 2.75) is 52.0 Å². The van der Waals surface area contributed by atoms with Gasteiger partial charge in [-0.25, -0.2) is 0 Å². The van der Waals surface area contributed by atoms with E-state index in [0.717, 1.165) is 39.0 Å². The number of aliphatic hydroxyl groups is 1. The first-order valence-electron chi connectivity index (χ1n) is 8.22. The normalized spacial score (nSPS) is 25.0. The fourth-order valence-electron chi connectivity index (χ4n) is 3.32. The maximum atomic E-state index is 12.3. The Hall–Kier alpha value is -0.610. The third-order valence-electron chi connectivity index (χ3n) is 4.71. The number of aliphatic hydroxyl groups excluding tert-OH is 1. The van der Waals surface area contributed by atoms with Crippen molar-refractivity contribution < 1.29 is 9.90 Å². The van der Waals surface area contributed by atoms with E-state index in [4.69, 9.17) is 0 Å². The molecule has 0 bridgehead atoms. The molecule has 1 heterocycles. The molecule has 0 aromatic rings. The van der Waals surface area contributed by atoms with Gasteiger partial charge in [0.05, 0.1) is 0 Å². The number of nitrogens with zero attached hydrogens (tertiary/aromatic N) is 2. The second-order valence-corrected chi connectivity index (χ2v) is 6.90. The average molecular weight is 282 g/mol. The summed E-state index contributed by atoms with van der Waals surface area (Å²) in [6.45, 7) is 8.35. The average Bonchev–Trinajstić information content (AvgIpc) is 2.35. The Morgan fingerprint density at radius 1 is 1.30 bits per heavy atom. The van der Waals surface area contributed by atoms with Gasteiger partial charge in [-0.15, -0.1) is 0 Å². The topological polar surface area (TPSA) is 43.8 Å². The molecule has 0 aromatic carbocycles. The Balaban J connectivity index is 1.85. The first kappa shape index (κ1) is 15.8. The van der Waals surface area contributed by atoms with Gasteiger partial charge < -0.3 is 10.0 Å². The van der Waals surface area contributed by atoms with E-state index in [9.17, 15) is 9.90 Å². The predicted molar refractivity (Wildman–Crippen MR) is 80.4 cm³/mol. The van der Waals surface area contributed by atoms with Gasteiger partial charge in [-0.3, -0.25) is 9.69 Å². The van der Waals surface area contributed by atoms with Crippen LogP contribution in [-0.2, 0) is 4.79 Å². The first-order valence-corrected chi connectivity index (χ1v) is 8.22. The molecule has 116 valence electrons. The zero-order valence-corrected chi connectivity index (χ0v) is 13.1. The summed E-state index contributed by atoms with van der Waals surface area (Å²) in [5.74, 6) is 1.61. The Morgan fingerprint density at radius 3 is 2.60 bits per heavy atom. The molecule has 1 aliphatic carbocycles. The molecule has 0 spiro atoms. The molecule has 1 saturated carbocycles. The van der Waals surface area contributed by atoms with Gasteiger partial charge in [-0.2, -0.15) is 0 Å². The number of amides is 1. The number of carbonyl (C=O) groups excluding carboxylic acids is 1. The Labute approximate surface area is 123 Å². The molecule has 2 fully saturated rings. The highest BCUT2D eigenvalue weighted by Crippen LogP contribution is 2.30. The number of hydrogen-bond donors (Lipinski definition) is 1. The van der Waals surface area contributed by atoms with Crippen molar-refractivity contribution in [3.8, 4) is 0 Å². The lowest BCUT2D eigenvalue weighted by Crippen LogP contribution is -2.56. The largest absolute Gasteiger partial charge is 0.396 e. The molecule has 2 rings (SSSR count). The molecule has 1 saturated heterocycles. The number of hydrogen-bond acceptors (Lipinski definition) is 3. The Morgan fingerprint density at radius 2 is 2.05 bits per heavy atom. The van der Waals surface area contributed by atoms with E-state index < -0.39 is 0 Å². The highest BCUT2D eigenvalue weighted by atomic mass is 16.3. The van der Waals surface area contributed by atoms with Crippen LogP contribution >= 0.6 is 0 Å². The summed E-state index contributed by atoms with van der Waals surface area (Å²) < 4.78 is 0. The molecule has 1 atom stereocenters. The summed E-state index contributed by atoms with van der Waals surface area (Å²) >= 11 is 0. The molecule has 4 heteroatoms. The quantitative estimate of drug-likeness (QED) is 0.807. The van der Waals surface area contributed by atoms with Crippen LogP contribution in [0.5, 0.6) is 0 Å². The van der Waals surface area contributed by atoms with Crippen molar-refractivity contribution >= 4 is 5.91 Å². The minimum atomic E-state index is 0.212. The molecule has 0 aromatic heterocycles. The smallest absolute Gasteiger partial charge is 0.222 e. The lowest BCUT2D eigenvalue weighted by molar-refractivity contribution is -0.136. The van der Waals surface area contributed by atoms with E-state index in [2.05, 4.69) is 18.7 Å². The maximum absolute atomic E-state index is 12.3. The molecule has 20 heavy (non-hydrogen) atoms. The zero-order valence-electron chi connectivity index (χ0n) is 13.1. The predicted octanol–water partition coefficient (Wildman–Crippen LogP) is 1.73. The fourth-order valence-corrected chi connectivity index (χ4v) is 3.32. The van der Waals surface area contributed by atoms with Gasteiger partial charge in [-0.05, 0) is 31.1 Å². The standard InChI is InChI=1S/C16H30N2O2/c1-13(2)11-17-7-8-18(12-15(17)6-9-19)16(20)10-14-4-3-5-14/h13-15,19H,3-12H2,1-2H3/t15-/m1/s1. The van der Waals surface area contributed by atoms with E-state index in [0.29, 0.717) is 23.8 Å². The summed E-state index contributed by atoms with van der Waals surface area (Å²) in [7, 11) is 0. The van der Waals surface area contributed by atoms with Gasteiger partial charge in [0.25, 0.3) is 0 Å². The van der Waals surface area contributed by atoms with Crippen molar-refractivity contribution in [1.82, 2.24) is 9.80 Å². The molecule has 1 amide bonds. The number of piperazine rings is 1. The van der Waals surface area contributed by atoms with Gasteiger partial charge in [0.1, 0.15) is 0 Å². The van der Waals surface area contributed by atoms with Crippen molar-refractivity contribution in [2.75, 3.05) is 32.8 Å². The Kier molecular flexibility index (Phi) is 5.85. The third-order valence-corrected chi connectivity index (χ3v) is 4.71. The van der Waals surface area contributed by atoms with Crippen LogP contribution in [0.4, 0.5) is 0 Å². The van der Waals surface area contributed by atoms with E-state index in [1.165, 1.54) is 19.3 Å². The summed E-state index contributed by atoms with van der Waals surface area (Å²) in [5, 5.41) is 9.26. The highest BCUT2D eigenvalue weighted by Gasteiger charge is 2.31. The number of carbonyl (C=O) groups is 1. The molecular weight excluding hydrogens is 252 g/mol. The molecule has 1 aliphatic heterocycles. The second-order valence-electron chi connectivity index (χ2n) is 6.90. The molecule has 2 aliphatic rings. The molecule has 4 nitrogen and oxygen atoms in total. The lowest BCUT2D eigenvalue weighted by Gasteiger charge is -2.42. The van der Waals surface area contributed by atoms with Crippen LogP contribution in [-0.4, -0.2) is 59.6 Å². The highest BCUT2D eigenvalue weighted by molar-refractivity contribution is 5.76. The van der Waals surface area contributed by atoms with Crippen LogP contribution in [0.1, 0.15) is 46.0 Å². The van der Waals surface area contributed by atoms with Crippen LogP contribution in [0.15, 0.2) is 0 Å². The van der Waals surface area contributed by atoms with E-state index in [1.54, 1.807) is 0 Å². The van der Waals surface area contributed by atoms with Crippen molar-refractivity contribution in [3.05, 3.63) is 0 Å². The minimum Gasteiger partial charge on any atom is -0.396 e. The van der Waals surface area contributed by atoms with Gasteiger partial charge in [0.15, 0.2) is 0 Å². The van der Waals surface area contributed by atoms with Crippen LogP contribution in [0.25, 0.3) is 0 Å². The lowest BCUT2D eigenvalue weighted by atomic mass is 9.82. The number of rotatable bonds is 6. The SMILES string of the molecule is CC(C)CN1CCN(C(=O)CC2CCC2)C[C@H]1CCO. The second kappa shape index (κ2) is 7.41. The van der Waals surface area contributed by atoms with Gasteiger partial charge >= 0.3 is 0 Å². The molecule has 0 radical (unpaired) electrons. The molecule has 0 unspecified atom stereocenters. The van der Waals surface area contributed by atoms with Crippen LogP contribution in [0.2, 0.25) is 0 Å². The summed E-state index contributed by atoms with van der Waals surface area (Å²) in [4.78, 5) is 16.8. The summed E-state index contributed by atoms with van der Waals surface area (Å²) in [6, 6.07) is 0.335. The molecular formula is C16H30N2O2. The van der Waals surface area contributed by atoms with Crippen molar-refractivity contribution in [1.29, 1.82) is 0 Å². The third kappa shape index (κ3) is 4.19. The van der Waals surface area contributed by atoms with Gasteiger partial charge in [0.2, 0.25) is 5.91 Å². The minimum absolute atomic E-state index is 0.212. The van der Waals surface area contributed by atoms with Crippen molar-refractivity contribution in [2.24, 2.45) is 11.8 Å². The van der Waals surface area contributed by atoms with Crippen LogP contribution < -0.4 is 0 Å². The summed E-state index contributed by atoms with van der Waals surface area (Å²) in [5.41, 5.74) is 0. The fraction of sp³-hybridized carbons (Fsp3) is 0.938. The monoisotopic (exact) mass is 282 g/mol. The zero-order chi connectivity index (χ0) is 14.5. The van der Waals surface area contributed by atoms with Gasteiger partial charge in [-0.1, -0.05) is 20.3 Å². The molecule has 1 N–H and O–H groups in total. The van der Waals surface area contributed by atoms with E-state index in [1.807, 2.05) is 4.90 Å². The van der Waals surface area contributed by atoms with Gasteiger partial charge in [0, 0.05) is 45.2 Å². The van der Waals surface area contributed by atoms with Crippen LogP contribution in [0, 0.1) is 11.8 Å².